The number of hydrogen-bond donors (Lipinski definition) is 0. The van der Waals surface area contributed by atoms with Crippen molar-refractivity contribution in [3.63, 3.8) is 0 Å². The zero-order chi connectivity index (χ0) is 19.6. The van der Waals surface area contributed by atoms with Gasteiger partial charge in [0, 0.05) is 0 Å². The Morgan fingerprint density at radius 1 is 0.875 bits per heavy atom. The van der Waals surface area contributed by atoms with Crippen molar-refractivity contribution in [1.29, 1.82) is 0 Å². The van der Waals surface area contributed by atoms with E-state index in [4.69, 9.17) is 0 Å². The Morgan fingerprint density at radius 2 is 1.25 bits per heavy atom. The maximum atomic E-state index is 2.83. The second-order valence-corrected chi connectivity index (χ2v) is 37.5. The van der Waals surface area contributed by atoms with Crippen LogP contribution in [0.3, 0.4) is 0 Å². The molecular formula is C21H46GeSi2. The van der Waals surface area contributed by atoms with Crippen molar-refractivity contribution < 1.29 is 0 Å². The van der Waals surface area contributed by atoms with Crippen molar-refractivity contribution in [2.45, 2.75) is 118 Å². The minimum absolute atomic E-state index is 0.444. The molecule has 1 aliphatic heterocycles. The molecule has 0 saturated carbocycles. The third-order valence-corrected chi connectivity index (χ3v) is 44.5. The fourth-order valence-electron chi connectivity index (χ4n) is 7.04. The van der Waals surface area contributed by atoms with Gasteiger partial charge in [-0.15, -0.1) is 0 Å². The molecule has 0 fully saturated rings. The first-order valence-electron chi connectivity index (χ1n) is 9.91. The van der Waals surface area contributed by atoms with Gasteiger partial charge in [-0.2, -0.15) is 0 Å². The summed E-state index contributed by atoms with van der Waals surface area (Å²) < 4.78 is 0.695. The fraction of sp³-hybridized carbons (Fsp3) is 0.905. The molecule has 0 aromatic rings. The first kappa shape index (κ1) is 22.8. The number of rotatable bonds is 2. The summed E-state index contributed by atoms with van der Waals surface area (Å²) in [6.07, 6.45) is 1.43. The molecule has 1 atom stereocenters. The van der Waals surface area contributed by atoms with Crippen LogP contribution in [-0.4, -0.2) is 29.4 Å². The van der Waals surface area contributed by atoms with Crippen LogP contribution in [0, 0.1) is 0 Å². The van der Waals surface area contributed by atoms with Gasteiger partial charge >= 0.3 is 159 Å². The molecule has 0 aliphatic carbocycles. The molecule has 0 N–H and O–H groups in total. The van der Waals surface area contributed by atoms with Gasteiger partial charge in [0.05, 0.1) is 0 Å². The third kappa shape index (κ3) is 3.00. The number of allylic oxidation sites excluding steroid dienone is 2. The van der Waals surface area contributed by atoms with Gasteiger partial charge in [-0.3, -0.25) is 0 Å². The maximum absolute atomic E-state index is 2.83. The molecule has 0 aromatic carbocycles. The molecule has 0 nitrogen and oxygen atoms in total. The van der Waals surface area contributed by atoms with Crippen LogP contribution in [-0.2, 0) is 0 Å². The van der Waals surface area contributed by atoms with Crippen molar-refractivity contribution in [2.24, 2.45) is 0 Å². The van der Waals surface area contributed by atoms with E-state index in [0.29, 0.717) is 13.6 Å². The SMILES string of the molecule is CC1=C(C)C[Si](C)(C)[C]([Si](C)(C(C)(C)C)C(C)(C)C)([Ge]([CH3])([CH3])[CH3])C1. The molecule has 142 valence electrons. The first-order chi connectivity index (χ1) is 10.3. The molecule has 0 aromatic heterocycles. The molecule has 1 heterocycles. The molecule has 0 spiro atoms. The van der Waals surface area contributed by atoms with Crippen molar-refractivity contribution >= 4 is 29.4 Å². The van der Waals surface area contributed by atoms with Gasteiger partial charge in [-0.05, 0) is 0 Å². The molecule has 3 heteroatoms. The Kier molecular flexibility index (Phi) is 5.80. The Morgan fingerprint density at radius 3 is 1.54 bits per heavy atom. The van der Waals surface area contributed by atoms with E-state index in [-0.39, 0.29) is 0 Å². The molecule has 1 rings (SSSR count). The summed E-state index contributed by atoms with van der Waals surface area (Å²) in [4.78, 5) is 0. The van der Waals surface area contributed by atoms with E-state index in [1.165, 1.54) is 12.5 Å². The monoisotopic (exact) mass is 428 g/mol. The standard InChI is InChI=1S/C21H46GeSi2/c1-17-15-21(22(9,10)11,23(12,13)16-18(17)2)24(14,19(3,4)5)20(6,7)8/h15-16H2,1-14H3. The molecule has 0 saturated heterocycles. The number of hydrogen-bond acceptors (Lipinski definition) is 0. The van der Waals surface area contributed by atoms with E-state index in [9.17, 15) is 0 Å². The van der Waals surface area contributed by atoms with Gasteiger partial charge in [0.15, 0.2) is 0 Å². The summed E-state index contributed by atoms with van der Waals surface area (Å²) in [7, 11) is -3.01. The third-order valence-electron chi connectivity index (χ3n) is 8.26. The topological polar surface area (TPSA) is 0 Å². The normalized spacial score (nSPS) is 26.8. The minimum atomic E-state index is -1.99. The van der Waals surface area contributed by atoms with Gasteiger partial charge < -0.3 is 0 Å². The van der Waals surface area contributed by atoms with Gasteiger partial charge in [0.25, 0.3) is 0 Å². The van der Waals surface area contributed by atoms with E-state index in [2.05, 4.69) is 92.3 Å². The van der Waals surface area contributed by atoms with Crippen LogP contribution in [0.2, 0.25) is 56.5 Å². The second-order valence-electron chi connectivity index (χ2n) is 12.6. The molecule has 1 unspecified atom stereocenters. The van der Waals surface area contributed by atoms with Crippen LogP contribution in [0.4, 0.5) is 0 Å². The molecule has 0 bridgehead atoms. The van der Waals surface area contributed by atoms with Crippen molar-refractivity contribution in [3.8, 4) is 0 Å². The summed E-state index contributed by atoms with van der Waals surface area (Å²) in [5, 5.41) is 0.888. The van der Waals surface area contributed by atoms with Crippen molar-refractivity contribution in [1.82, 2.24) is 0 Å². The molecule has 24 heavy (non-hydrogen) atoms. The quantitative estimate of drug-likeness (QED) is 0.307. The fourth-order valence-corrected chi connectivity index (χ4v) is 55.8. The summed E-state index contributed by atoms with van der Waals surface area (Å²) in [6, 6.07) is 1.44. The van der Waals surface area contributed by atoms with Crippen LogP contribution in [0.15, 0.2) is 11.1 Å². The summed E-state index contributed by atoms with van der Waals surface area (Å²) in [6.45, 7) is 28.8. The van der Waals surface area contributed by atoms with Crippen molar-refractivity contribution in [2.75, 3.05) is 0 Å². The van der Waals surface area contributed by atoms with Gasteiger partial charge in [-0.25, -0.2) is 0 Å². The second kappa shape index (κ2) is 6.12. The molecule has 0 radical (unpaired) electrons. The van der Waals surface area contributed by atoms with Gasteiger partial charge in [-0.1, -0.05) is 0 Å². The summed E-state index contributed by atoms with van der Waals surface area (Å²) in [5.74, 6) is 8.27. The average Bonchev–Trinajstić information content (AvgIpc) is 2.27. The van der Waals surface area contributed by atoms with E-state index in [1.54, 1.807) is 11.1 Å². The van der Waals surface area contributed by atoms with Crippen LogP contribution in [0.5, 0.6) is 0 Å². The van der Waals surface area contributed by atoms with E-state index < -0.39 is 29.4 Å². The molecule has 0 amide bonds. The Balaban J connectivity index is 4.01. The first-order valence-corrected chi connectivity index (χ1v) is 23.0. The predicted molar refractivity (Wildman–Crippen MR) is 122 cm³/mol. The van der Waals surface area contributed by atoms with Crippen LogP contribution in [0.25, 0.3) is 0 Å². The van der Waals surface area contributed by atoms with E-state index in [1.807, 2.05) is 0 Å². The van der Waals surface area contributed by atoms with Crippen LogP contribution >= 0.6 is 0 Å². The molecular weight excluding hydrogens is 381 g/mol. The zero-order valence-electron chi connectivity index (χ0n) is 19.4. The Hall–Kier alpha value is 0.717. The van der Waals surface area contributed by atoms with Crippen LogP contribution in [0.1, 0.15) is 61.8 Å². The van der Waals surface area contributed by atoms with E-state index in [0.717, 1.165) is 0 Å². The predicted octanol–water partition coefficient (Wildman–Crippen LogP) is 8.27. The Labute approximate surface area is 158 Å². The average molecular weight is 427 g/mol. The van der Waals surface area contributed by atoms with Gasteiger partial charge in [0.2, 0.25) is 0 Å². The Bertz CT molecular complexity index is 510. The van der Waals surface area contributed by atoms with E-state index >= 15 is 0 Å². The zero-order valence-corrected chi connectivity index (χ0v) is 23.5. The summed E-state index contributed by atoms with van der Waals surface area (Å²) in [5.41, 5.74) is 3.47. The summed E-state index contributed by atoms with van der Waals surface area (Å²) >= 11 is -1.99. The molecule has 1 aliphatic rings. The van der Waals surface area contributed by atoms with Crippen LogP contribution < -0.4 is 0 Å². The van der Waals surface area contributed by atoms with Crippen molar-refractivity contribution in [3.05, 3.63) is 11.1 Å². The van der Waals surface area contributed by atoms with Gasteiger partial charge in [0.1, 0.15) is 0 Å².